The van der Waals surface area contributed by atoms with Crippen LogP contribution in [0.5, 0.6) is 5.88 Å². The molecule has 0 unspecified atom stereocenters. The molecule has 0 saturated carbocycles. The lowest BCUT2D eigenvalue weighted by Gasteiger charge is -2.32. The van der Waals surface area contributed by atoms with Gasteiger partial charge in [-0.05, 0) is 56.8 Å². The lowest BCUT2D eigenvalue weighted by molar-refractivity contribution is 0.200. The minimum Gasteiger partial charge on any atom is -0.481 e. The van der Waals surface area contributed by atoms with Crippen molar-refractivity contribution >= 4 is 0 Å². The third kappa shape index (κ3) is 6.08. The lowest BCUT2D eigenvalue weighted by Crippen LogP contribution is -2.34. The van der Waals surface area contributed by atoms with Crippen molar-refractivity contribution in [3.05, 3.63) is 23.4 Å². The van der Waals surface area contributed by atoms with E-state index in [1.54, 1.807) is 7.11 Å². The molecular formula is C21H38N2O. The smallest absolute Gasteiger partial charge is 0.216 e. The Balaban J connectivity index is 0.00000139. The molecule has 1 saturated heterocycles. The summed E-state index contributed by atoms with van der Waals surface area (Å²) in [6.45, 7) is 16.6. The molecule has 0 aliphatic carbocycles. The molecule has 24 heavy (non-hydrogen) atoms. The molecule has 0 atom stereocenters. The highest BCUT2D eigenvalue weighted by atomic mass is 16.5. The van der Waals surface area contributed by atoms with E-state index in [-0.39, 0.29) is 0 Å². The van der Waals surface area contributed by atoms with Crippen LogP contribution in [0.3, 0.4) is 0 Å². The van der Waals surface area contributed by atoms with Gasteiger partial charge in [-0.15, -0.1) is 0 Å². The first-order valence-electron chi connectivity index (χ1n) is 9.78. The molecule has 1 aliphatic rings. The van der Waals surface area contributed by atoms with E-state index in [1.807, 2.05) is 13.8 Å². The van der Waals surface area contributed by atoms with Crippen LogP contribution in [-0.2, 0) is 0 Å². The van der Waals surface area contributed by atoms with Crippen molar-refractivity contribution in [2.24, 2.45) is 5.92 Å². The molecule has 0 aromatic carbocycles. The first-order chi connectivity index (χ1) is 11.5. The zero-order valence-corrected chi connectivity index (χ0v) is 16.9. The van der Waals surface area contributed by atoms with Crippen molar-refractivity contribution in [1.82, 2.24) is 9.88 Å². The summed E-state index contributed by atoms with van der Waals surface area (Å²) in [5.74, 6) is 2.65. The van der Waals surface area contributed by atoms with Crippen molar-refractivity contribution < 1.29 is 4.74 Å². The standard InChI is InChI=1S/C19H32N2O.C2H6/c1-14(2)8-11-21-12-9-16(10-13-21)18-7-6-17(15(3)4)19(20-18)22-5;1-2/h6-7,14-16H,8-13H2,1-5H3;1-2H3. The van der Waals surface area contributed by atoms with Gasteiger partial charge in [0, 0.05) is 17.2 Å². The second kappa shape index (κ2) is 10.7. The Labute approximate surface area is 149 Å². The number of likely N-dealkylation sites (tertiary alicyclic amines) is 1. The molecule has 0 spiro atoms. The van der Waals surface area contributed by atoms with Gasteiger partial charge in [-0.1, -0.05) is 47.6 Å². The molecule has 0 radical (unpaired) electrons. The fourth-order valence-electron chi connectivity index (χ4n) is 3.19. The average molecular weight is 335 g/mol. The first kappa shape index (κ1) is 21.0. The number of pyridine rings is 1. The molecule has 0 N–H and O–H groups in total. The van der Waals surface area contributed by atoms with Crippen molar-refractivity contribution in [3.63, 3.8) is 0 Å². The van der Waals surface area contributed by atoms with Crippen LogP contribution >= 0.6 is 0 Å². The predicted octanol–water partition coefficient (Wildman–Crippen LogP) is 5.47. The van der Waals surface area contributed by atoms with E-state index < -0.39 is 0 Å². The second-order valence-electron chi connectivity index (χ2n) is 7.29. The maximum atomic E-state index is 5.50. The van der Waals surface area contributed by atoms with Crippen LogP contribution in [0.2, 0.25) is 0 Å². The molecule has 138 valence electrons. The lowest BCUT2D eigenvalue weighted by atomic mass is 9.92. The number of rotatable bonds is 6. The first-order valence-corrected chi connectivity index (χ1v) is 9.78. The highest BCUT2D eigenvalue weighted by molar-refractivity contribution is 5.32. The number of hydrogen-bond acceptors (Lipinski definition) is 3. The van der Waals surface area contributed by atoms with Gasteiger partial charge in [0.1, 0.15) is 0 Å². The third-order valence-electron chi connectivity index (χ3n) is 4.76. The van der Waals surface area contributed by atoms with Crippen LogP contribution in [0, 0.1) is 5.92 Å². The Morgan fingerprint density at radius 1 is 1.12 bits per heavy atom. The number of methoxy groups -OCH3 is 1. The van der Waals surface area contributed by atoms with Gasteiger partial charge in [0.05, 0.1) is 7.11 Å². The van der Waals surface area contributed by atoms with E-state index in [0.717, 1.165) is 11.8 Å². The summed E-state index contributed by atoms with van der Waals surface area (Å²) in [5.41, 5.74) is 2.42. The Bertz CT molecular complexity index is 463. The summed E-state index contributed by atoms with van der Waals surface area (Å²) < 4.78 is 5.50. The summed E-state index contributed by atoms with van der Waals surface area (Å²) in [6.07, 6.45) is 3.74. The molecule has 1 aromatic heterocycles. The van der Waals surface area contributed by atoms with Crippen molar-refractivity contribution in [2.75, 3.05) is 26.7 Å². The maximum Gasteiger partial charge on any atom is 0.216 e. The van der Waals surface area contributed by atoms with Crippen LogP contribution in [0.4, 0.5) is 0 Å². The van der Waals surface area contributed by atoms with Crippen LogP contribution in [-0.4, -0.2) is 36.6 Å². The van der Waals surface area contributed by atoms with Crippen molar-refractivity contribution in [3.8, 4) is 5.88 Å². The fraction of sp³-hybridized carbons (Fsp3) is 0.762. The Morgan fingerprint density at radius 2 is 1.75 bits per heavy atom. The third-order valence-corrected chi connectivity index (χ3v) is 4.76. The van der Waals surface area contributed by atoms with E-state index in [1.165, 1.54) is 50.2 Å². The van der Waals surface area contributed by atoms with Gasteiger partial charge in [0.2, 0.25) is 5.88 Å². The van der Waals surface area contributed by atoms with Gasteiger partial charge in [0.25, 0.3) is 0 Å². The molecule has 2 rings (SSSR count). The predicted molar refractivity (Wildman–Crippen MR) is 104 cm³/mol. The van der Waals surface area contributed by atoms with Gasteiger partial charge >= 0.3 is 0 Å². The molecular weight excluding hydrogens is 296 g/mol. The second-order valence-corrected chi connectivity index (χ2v) is 7.29. The zero-order chi connectivity index (χ0) is 18.1. The van der Waals surface area contributed by atoms with E-state index in [0.29, 0.717) is 11.8 Å². The van der Waals surface area contributed by atoms with Gasteiger partial charge < -0.3 is 9.64 Å². The molecule has 3 nitrogen and oxygen atoms in total. The molecule has 1 aliphatic heterocycles. The fourth-order valence-corrected chi connectivity index (χ4v) is 3.19. The van der Waals surface area contributed by atoms with Gasteiger partial charge in [0.15, 0.2) is 0 Å². The van der Waals surface area contributed by atoms with E-state index >= 15 is 0 Å². The summed E-state index contributed by atoms with van der Waals surface area (Å²) in [4.78, 5) is 7.40. The van der Waals surface area contributed by atoms with E-state index in [2.05, 4.69) is 44.7 Å². The van der Waals surface area contributed by atoms with Crippen LogP contribution in [0.15, 0.2) is 12.1 Å². The highest BCUT2D eigenvalue weighted by Gasteiger charge is 2.22. The SMILES string of the molecule is CC.COc1nc(C2CCN(CCC(C)C)CC2)ccc1C(C)C. The number of ether oxygens (including phenoxy) is 1. The number of nitrogens with zero attached hydrogens (tertiary/aromatic N) is 2. The summed E-state index contributed by atoms with van der Waals surface area (Å²) in [5, 5.41) is 0. The van der Waals surface area contributed by atoms with Gasteiger partial charge in [-0.25, -0.2) is 4.98 Å². The van der Waals surface area contributed by atoms with Crippen LogP contribution in [0.1, 0.15) is 83.9 Å². The Hall–Kier alpha value is -1.09. The number of hydrogen-bond donors (Lipinski definition) is 0. The normalized spacial score (nSPS) is 16.2. The molecule has 0 amide bonds. The highest BCUT2D eigenvalue weighted by Crippen LogP contribution is 2.31. The minimum absolute atomic E-state index is 0.453. The molecule has 3 heteroatoms. The Morgan fingerprint density at radius 3 is 2.25 bits per heavy atom. The molecule has 1 fully saturated rings. The van der Waals surface area contributed by atoms with Crippen LogP contribution < -0.4 is 4.74 Å². The van der Waals surface area contributed by atoms with Crippen LogP contribution in [0.25, 0.3) is 0 Å². The number of piperidine rings is 1. The Kier molecular flexibility index (Phi) is 9.35. The maximum absolute atomic E-state index is 5.50. The molecule has 0 bridgehead atoms. The topological polar surface area (TPSA) is 25.4 Å². The van der Waals surface area contributed by atoms with Gasteiger partial charge in [-0.3, -0.25) is 0 Å². The minimum atomic E-state index is 0.453. The zero-order valence-electron chi connectivity index (χ0n) is 16.9. The number of aromatic nitrogens is 1. The van der Waals surface area contributed by atoms with Gasteiger partial charge in [-0.2, -0.15) is 0 Å². The summed E-state index contributed by atoms with van der Waals surface area (Å²) in [6, 6.07) is 4.42. The van der Waals surface area contributed by atoms with E-state index in [9.17, 15) is 0 Å². The molecule has 1 aromatic rings. The van der Waals surface area contributed by atoms with Crippen molar-refractivity contribution in [2.45, 2.75) is 72.6 Å². The van der Waals surface area contributed by atoms with E-state index in [4.69, 9.17) is 9.72 Å². The quantitative estimate of drug-likeness (QED) is 0.690. The average Bonchev–Trinajstić information content (AvgIpc) is 2.61. The largest absolute Gasteiger partial charge is 0.481 e. The summed E-state index contributed by atoms with van der Waals surface area (Å²) >= 11 is 0. The molecule has 2 heterocycles. The van der Waals surface area contributed by atoms with Crippen molar-refractivity contribution in [1.29, 1.82) is 0 Å². The monoisotopic (exact) mass is 334 g/mol. The summed E-state index contributed by atoms with van der Waals surface area (Å²) in [7, 11) is 1.73.